The Labute approximate surface area is 133 Å². The molecule has 2 aromatic rings. The number of rotatable bonds is 3. The summed E-state index contributed by atoms with van der Waals surface area (Å²) in [5.41, 5.74) is 6.52. The average molecular weight is 315 g/mol. The van der Waals surface area contributed by atoms with Crippen molar-refractivity contribution in [3.63, 3.8) is 0 Å². The molecule has 0 aliphatic heterocycles. The van der Waals surface area contributed by atoms with Gasteiger partial charge in [-0.15, -0.1) is 0 Å². The van der Waals surface area contributed by atoms with E-state index in [2.05, 4.69) is 0 Å². The van der Waals surface area contributed by atoms with Crippen molar-refractivity contribution in [3.8, 4) is 5.75 Å². The summed E-state index contributed by atoms with van der Waals surface area (Å²) in [7, 11) is 0. The number of phenols is 1. The minimum atomic E-state index is -0.679. The number of carbonyl (C=O) groups excluding carboxylic acids is 1. The van der Waals surface area contributed by atoms with Gasteiger partial charge >= 0.3 is 5.69 Å². The van der Waals surface area contributed by atoms with E-state index < -0.39 is 10.7 Å². The number of aromatic hydroxyl groups is 1. The molecule has 4 N–H and O–H groups in total. The van der Waals surface area contributed by atoms with Crippen molar-refractivity contribution in [3.05, 3.63) is 69.3 Å². The highest BCUT2D eigenvalue weighted by atomic mass is 16.6. The summed E-state index contributed by atoms with van der Waals surface area (Å²) in [5, 5.41) is 27.0. The van der Waals surface area contributed by atoms with Crippen LogP contribution in [0.4, 0.5) is 5.69 Å². The van der Waals surface area contributed by atoms with E-state index in [0.717, 1.165) is 5.56 Å². The predicted octanol–water partition coefficient (Wildman–Crippen LogP) is 2.78. The van der Waals surface area contributed by atoms with Gasteiger partial charge < -0.3 is 16.2 Å². The van der Waals surface area contributed by atoms with Crippen LogP contribution in [0.15, 0.2) is 42.5 Å². The number of nitrogens with one attached hydrogen (secondary N) is 1. The number of amides is 1. The summed E-state index contributed by atoms with van der Waals surface area (Å²) < 4.78 is 0. The van der Waals surface area contributed by atoms with Crippen LogP contribution in [0.1, 0.15) is 28.4 Å². The van der Waals surface area contributed by atoms with Gasteiger partial charge in [0.2, 0.25) is 11.7 Å². The molecule has 2 aromatic carbocycles. The molecule has 0 fully saturated rings. The molecular weight excluding hydrogens is 298 g/mol. The molecule has 120 valence electrons. The fraction of sp³-hybridized carbons (Fsp3) is 0.125. The highest BCUT2D eigenvalue weighted by Gasteiger charge is 2.16. The molecule has 7 heteroatoms. The first-order chi connectivity index (χ1) is 10.8. The first-order valence-corrected chi connectivity index (χ1v) is 6.63. The highest BCUT2D eigenvalue weighted by Crippen LogP contribution is 2.29. The van der Waals surface area contributed by atoms with Gasteiger partial charge in [0.25, 0.3) is 0 Å². The Bertz CT molecular complexity index is 724. The first kappa shape index (κ1) is 17.8. The number of primary amides is 1. The Morgan fingerprint density at radius 1 is 1.17 bits per heavy atom. The van der Waals surface area contributed by atoms with Crippen LogP contribution in [-0.2, 0) is 0 Å². The van der Waals surface area contributed by atoms with Crippen molar-refractivity contribution < 1.29 is 14.8 Å². The van der Waals surface area contributed by atoms with Crippen LogP contribution in [0, 0.1) is 22.4 Å². The molecular formula is C16H17N3O4. The third-order valence-electron chi connectivity index (χ3n) is 3.03. The second-order valence-corrected chi connectivity index (χ2v) is 4.73. The molecule has 0 aliphatic rings. The summed E-state index contributed by atoms with van der Waals surface area (Å²) in [6, 6.07) is 11.4. The molecule has 0 saturated heterocycles. The number of nitro groups is 1. The number of aryl methyl sites for hydroxylation is 1. The van der Waals surface area contributed by atoms with Crippen molar-refractivity contribution in [1.82, 2.24) is 0 Å². The number of benzene rings is 2. The SMILES string of the molecule is CC(=N)c1cccc([N+](=O)[O-])c1O.Cc1ccccc1C(N)=O. The summed E-state index contributed by atoms with van der Waals surface area (Å²) in [6.45, 7) is 3.32. The monoisotopic (exact) mass is 315 g/mol. The van der Waals surface area contributed by atoms with Gasteiger partial charge in [0.15, 0.2) is 0 Å². The van der Waals surface area contributed by atoms with Crippen LogP contribution in [-0.4, -0.2) is 21.6 Å². The number of para-hydroxylation sites is 1. The highest BCUT2D eigenvalue weighted by molar-refractivity contribution is 5.99. The predicted molar refractivity (Wildman–Crippen MR) is 87.0 cm³/mol. The van der Waals surface area contributed by atoms with Gasteiger partial charge in [-0.05, 0) is 31.5 Å². The maximum Gasteiger partial charge on any atom is 0.311 e. The number of nitrogens with zero attached hydrogens (tertiary/aromatic N) is 1. The minimum absolute atomic E-state index is 0.0983. The molecule has 23 heavy (non-hydrogen) atoms. The van der Waals surface area contributed by atoms with Crippen LogP contribution in [0.25, 0.3) is 0 Å². The number of nitrogens with two attached hydrogens (primary N) is 1. The van der Waals surface area contributed by atoms with E-state index in [4.69, 9.17) is 11.1 Å². The van der Waals surface area contributed by atoms with E-state index in [1.807, 2.05) is 19.1 Å². The van der Waals surface area contributed by atoms with Crippen molar-refractivity contribution >= 4 is 17.3 Å². The Kier molecular flexibility index (Phi) is 5.96. The number of phenolic OH excluding ortho intramolecular Hbond substituents is 1. The maximum atomic E-state index is 10.6. The molecule has 1 amide bonds. The molecule has 0 saturated carbocycles. The molecule has 0 atom stereocenters. The third-order valence-corrected chi connectivity index (χ3v) is 3.03. The van der Waals surface area contributed by atoms with Crippen LogP contribution in [0.3, 0.4) is 0 Å². The fourth-order valence-corrected chi connectivity index (χ4v) is 1.83. The van der Waals surface area contributed by atoms with Crippen molar-refractivity contribution in [2.75, 3.05) is 0 Å². The van der Waals surface area contributed by atoms with Gasteiger partial charge in [-0.3, -0.25) is 14.9 Å². The fourth-order valence-electron chi connectivity index (χ4n) is 1.83. The lowest BCUT2D eigenvalue weighted by molar-refractivity contribution is -0.385. The lowest BCUT2D eigenvalue weighted by atomic mass is 10.1. The Balaban J connectivity index is 0.000000238. The van der Waals surface area contributed by atoms with Crippen molar-refractivity contribution in [2.45, 2.75) is 13.8 Å². The lowest BCUT2D eigenvalue weighted by Crippen LogP contribution is -2.12. The number of carbonyl (C=O) groups is 1. The molecule has 0 unspecified atom stereocenters. The van der Waals surface area contributed by atoms with Gasteiger partial charge in [0.1, 0.15) is 0 Å². The second kappa shape index (κ2) is 7.69. The van der Waals surface area contributed by atoms with Crippen molar-refractivity contribution in [1.29, 1.82) is 5.41 Å². The zero-order valence-electron chi connectivity index (χ0n) is 12.7. The number of hydrogen-bond donors (Lipinski definition) is 3. The molecule has 0 radical (unpaired) electrons. The van der Waals surface area contributed by atoms with Crippen LogP contribution in [0.5, 0.6) is 5.75 Å². The average Bonchev–Trinajstić information content (AvgIpc) is 2.47. The zero-order chi connectivity index (χ0) is 17.6. The van der Waals surface area contributed by atoms with Gasteiger partial charge in [0, 0.05) is 22.9 Å². The third kappa shape index (κ3) is 4.63. The summed E-state index contributed by atoms with van der Waals surface area (Å²) in [6.07, 6.45) is 0. The topological polar surface area (TPSA) is 130 Å². The smallest absolute Gasteiger partial charge is 0.311 e. The van der Waals surface area contributed by atoms with E-state index >= 15 is 0 Å². The normalized spacial score (nSPS) is 9.48. The van der Waals surface area contributed by atoms with Crippen LogP contribution < -0.4 is 5.73 Å². The van der Waals surface area contributed by atoms with Gasteiger partial charge in [-0.1, -0.05) is 24.3 Å². The van der Waals surface area contributed by atoms with E-state index in [0.29, 0.717) is 5.56 Å². The van der Waals surface area contributed by atoms with E-state index in [9.17, 15) is 20.0 Å². The second-order valence-electron chi connectivity index (χ2n) is 4.73. The van der Waals surface area contributed by atoms with E-state index in [1.165, 1.54) is 25.1 Å². The standard InChI is InChI=1S/C8H8N2O3.C8H9NO/c1-5(9)6-3-2-4-7(8(6)11)10(12)13;1-6-4-2-3-5-7(6)8(9)10/h2-4,9,11H,1H3;2-5H,1H3,(H2,9,10). The Hall–Kier alpha value is -3.22. The molecule has 0 bridgehead atoms. The van der Waals surface area contributed by atoms with Gasteiger partial charge in [-0.25, -0.2) is 0 Å². The largest absolute Gasteiger partial charge is 0.502 e. The summed E-state index contributed by atoms with van der Waals surface area (Å²) in [5.74, 6) is -0.807. The molecule has 0 spiro atoms. The van der Waals surface area contributed by atoms with Gasteiger partial charge in [-0.2, -0.15) is 0 Å². The number of nitro benzene ring substituents is 1. The van der Waals surface area contributed by atoms with Crippen LogP contribution in [0.2, 0.25) is 0 Å². The maximum absolute atomic E-state index is 10.6. The van der Waals surface area contributed by atoms with Crippen molar-refractivity contribution in [2.24, 2.45) is 5.73 Å². The summed E-state index contributed by atoms with van der Waals surface area (Å²) >= 11 is 0. The quantitative estimate of drug-likeness (QED) is 0.456. The molecule has 2 rings (SSSR count). The zero-order valence-corrected chi connectivity index (χ0v) is 12.7. The summed E-state index contributed by atoms with van der Waals surface area (Å²) in [4.78, 5) is 20.3. The molecule has 0 aliphatic carbocycles. The van der Waals surface area contributed by atoms with E-state index in [1.54, 1.807) is 12.1 Å². The van der Waals surface area contributed by atoms with Gasteiger partial charge in [0.05, 0.1) is 4.92 Å². The minimum Gasteiger partial charge on any atom is -0.502 e. The lowest BCUT2D eigenvalue weighted by Gasteiger charge is -2.01. The van der Waals surface area contributed by atoms with Crippen LogP contribution >= 0.6 is 0 Å². The Morgan fingerprint density at radius 2 is 1.74 bits per heavy atom. The molecule has 0 aromatic heterocycles. The molecule has 0 heterocycles. The van der Waals surface area contributed by atoms with E-state index in [-0.39, 0.29) is 22.9 Å². The molecule has 7 nitrogen and oxygen atoms in total. The number of hydrogen-bond acceptors (Lipinski definition) is 5. The first-order valence-electron chi connectivity index (χ1n) is 6.63. The Morgan fingerprint density at radius 3 is 2.17 bits per heavy atom.